The van der Waals surface area contributed by atoms with Crippen molar-refractivity contribution in [2.45, 2.75) is 45.1 Å². The second kappa shape index (κ2) is 4.54. The van der Waals surface area contributed by atoms with Gasteiger partial charge < -0.3 is 5.11 Å². The van der Waals surface area contributed by atoms with E-state index in [0.29, 0.717) is 11.8 Å². The number of rotatable bonds is 2. The van der Waals surface area contributed by atoms with Crippen LogP contribution in [0, 0.1) is 11.8 Å². The van der Waals surface area contributed by atoms with E-state index in [1.165, 1.54) is 6.42 Å². The first kappa shape index (κ1) is 11.6. The van der Waals surface area contributed by atoms with E-state index in [2.05, 4.69) is 24.9 Å². The lowest BCUT2D eigenvalue weighted by Crippen LogP contribution is -2.44. The van der Waals surface area contributed by atoms with Crippen LogP contribution in [0.5, 0.6) is 0 Å². The average molecular weight is 219 g/mol. The maximum atomic E-state index is 10.7. The van der Waals surface area contributed by atoms with Gasteiger partial charge >= 0.3 is 0 Å². The van der Waals surface area contributed by atoms with Gasteiger partial charge in [0.1, 0.15) is 0 Å². The summed E-state index contributed by atoms with van der Waals surface area (Å²) in [4.78, 5) is 4.11. The molecule has 16 heavy (non-hydrogen) atoms. The molecule has 1 aromatic rings. The van der Waals surface area contributed by atoms with Crippen LogP contribution >= 0.6 is 0 Å². The number of hydrogen-bond donors (Lipinski definition) is 1. The van der Waals surface area contributed by atoms with Crippen LogP contribution in [-0.4, -0.2) is 15.7 Å². The molecule has 0 aromatic carbocycles. The summed E-state index contributed by atoms with van der Waals surface area (Å²) in [7, 11) is 0. The molecule has 1 aliphatic carbocycles. The molecule has 3 unspecified atom stereocenters. The lowest BCUT2D eigenvalue weighted by molar-refractivity contribution is -0.0621. The first-order chi connectivity index (χ1) is 7.62. The number of pyridine rings is 1. The highest BCUT2D eigenvalue weighted by molar-refractivity contribution is 5.13. The Labute approximate surface area is 97.7 Å². The molecule has 1 N–H and O–H groups in total. The summed E-state index contributed by atoms with van der Waals surface area (Å²) in [6.45, 7) is 4.43. The highest BCUT2D eigenvalue weighted by Gasteiger charge is 2.39. The van der Waals surface area contributed by atoms with Gasteiger partial charge in [0.2, 0.25) is 0 Å². The molecule has 88 valence electrons. The maximum absolute atomic E-state index is 10.7. The van der Waals surface area contributed by atoms with E-state index in [0.717, 1.165) is 24.8 Å². The summed E-state index contributed by atoms with van der Waals surface area (Å²) in [6, 6.07) is 3.99. The molecule has 1 aromatic heterocycles. The Balaban J connectivity index is 2.13. The summed E-state index contributed by atoms with van der Waals surface area (Å²) in [5.41, 5.74) is 0.617. The van der Waals surface area contributed by atoms with Gasteiger partial charge in [-0.3, -0.25) is 4.98 Å². The number of aromatic nitrogens is 1. The second-order valence-electron chi connectivity index (χ2n) is 5.30. The lowest BCUT2D eigenvalue weighted by atomic mass is 9.68. The van der Waals surface area contributed by atoms with Crippen LogP contribution in [0.3, 0.4) is 0 Å². The minimum Gasteiger partial charge on any atom is -0.389 e. The molecule has 1 aliphatic rings. The first-order valence-electron chi connectivity index (χ1n) is 6.23. The average Bonchev–Trinajstić information content (AvgIpc) is 2.27. The third-order valence-corrected chi connectivity index (χ3v) is 4.20. The topological polar surface area (TPSA) is 33.1 Å². The molecule has 2 nitrogen and oxygen atoms in total. The normalized spacial score (nSPS) is 34.9. The van der Waals surface area contributed by atoms with Gasteiger partial charge in [0, 0.05) is 18.8 Å². The van der Waals surface area contributed by atoms with E-state index in [1.54, 1.807) is 6.20 Å². The van der Waals surface area contributed by atoms with Crippen LogP contribution in [0.1, 0.15) is 38.7 Å². The van der Waals surface area contributed by atoms with Crippen molar-refractivity contribution in [3.63, 3.8) is 0 Å². The van der Waals surface area contributed by atoms with E-state index in [1.807, 2.05) is 12.3 Å². The van der Waals surface area contributed by atoms with Crippen molar-refractivity contribution in [2.75, 3.05) is 0 Å². The fraction of sp³-hybridized carbons (Fsp3) is 0.643. The molecule has 0 aliphatic heterocycles. The molecule has 3 atom stereocenters. The summed E-state index contributed by atoms with van der Waals surface area (Å²) < 4.78 is 0. The Hall–Kier alpha value is -0.890. The number of aliphatic hydroxyl groups is 1. The fourth-order valence-electron chi connectivity index (χ4n) is 2.84. The Morgan fingerprint density at radius 2 is 2.31 bits per heavy atom. The zero-order valence-corrected chi connectivity index (χ0v) is 10.2. The van der Waals surface area contributed by atoms with Crippen molar-refractivity contribution in [2.24, 2.45) is 11.8 Å². The maximum Gasteiger partial charge on any atom is 0.0716 e. The first-order valence-corrected chi connectivity index (χ1v) is 6.23. The number of nitrogens with zero attached hydrogens (tertiary/aromatic N) is 1. The quantitative estimate of drug-likeness (QED) is 0.829. The van der Waals surface area contributed by atoms with E-state index in [-0.39, 0.29) is 0 Å². The Morgan fingerprint density at radius 1 is 1.50 bits per heavy atom. The standard InChI is InChI=1S/C14H21NO/c1-11-5-3-7-14(16,12(11)2)9-13-6-4-8-15-10-13/h4,6,8,10-12,16H,3,5,7,9H2,1-2H3. The molecule has 0 radical (unpaired) electrons. The van der Waals surface area contributed by atoms with Gasteiger partial charge in [0.15, 0.2) is 0 Å². The fourth-order valence-corrected chi connectivity index (χ4v) is 2.84. The molecular formula is C14H21NO. The highest BCUT2D eigenvalue weighted by Crippen LogP contribution is 2.39. The third kappa shape index (κ3) is 2.27. The van der Waals surface area contributed by atoms with Crippen molar-refractivity contribution < 1.29 is 5.11 Å². The molecule has 1 fully saturated rings. The highest BCUT2D eigenvalue weighted by atomic mass is 16.3. The van der Waals surface area contributed by atoms with Crippen LogP contribution in [0.4, 0.5) is 0 Å². The molecule has 0 spiro atoms. The van der Waals surface area contributed by atoms with Crippen LogP contribution in [0.2, 0.25) is 0 Å². The predicted octanol–water partition coefficient (Wildman–Crippen LogP) is 2.81. The van der Waals surface area contributed by atoms with E-state index >= 15 is 0 Å². The Morgan fingerprint density at radius 3 is 3.00 bits per heavy atom. The van der Waals surface area contributed by atoms with E-state index in [4.69, 9.17) is 0 Å². The summed E-state index contributed by atoms with van der Waals surface area (Å²) in [5, 5.41) is 10.7. The minimum atomic E-state index is -0.527. The van der Waals surface area contributed by atoms with Gasteiger partial charge in [0.25, 0.3) is 0 Å². The molecule has 2 rings (SSSR count). The summed E-state index contributed by atoms with van der Waals surface area (Å²) >= 11 is 0. The molecule has 1 heterocycles. The van der Waals surface area contributed by atoms with Crippen molar-refractivity contribution in [3.05, 3.63) is 30.1 Å². The van der Waals surface area contributed by atoms with Crippen LogP contribution in [0.25, 0.3) is 0 Å². The lowest BCUT2D eigenvalue weighted by Gasteiger charge is -2.42. The zero-order valence-electron chi connectivity index (χ0n) is 10.2. The van der Waals surface area contributed by atoms with Gasteiger partial charge in [-0.1, -0.05) is 32.8 Å². The van der Waals surface area contributed by atoms with Gasteiger partial charge in [-0.2, -0.15) is 0 Å². The SMILES string of the molecule is CC1CCCC(O)(Cc2cccnc2)C1C. The van der Waals surface area contributed by atoms with Gasteiger partial charge in [-0.25, -0.2) is 0 Å². The van der Waals surface area contributed by atoms with E-state index in [9.17, 15) is 5.11 Å². The third-order valence-electron chi connectivity index (χ3n) is 4.20. The molecule has 0 bridgehead atoms. The molecule has 2 heteroatoms. The predicted molar refractivity (Wildman–Crippen MR) is 65.1 cm³/mol. The second-order valence-corrected chi connectivity index (χ2v) is 5.30. The monoisotopic (exact) mass is 219 g/mol. The smallest absolute Gasteiger partial charge is 0.0716 e. The minimum absolute atomic E-state index is 0.376. The zero-order chi connectivity index (χ0) is 11.6. The van der Waals surface area contributed by atoms with Crippen molar-refractivity contribution in [1.82, 2.24) is 4.98 Å². The van der Waals surface area contributed by atoms with Crippen molar-refractivity contribution in [3.8, 4) is 0 Å². The van der Waals surface area contributed by atoms with Crippen LogP contribution in [-0.2, 0) is 6.42 Å². The van der Waals surface area contributed by atoms with Gasteiger partial charge in [0.05, 0.1) is 5.60 Å². The van der Waals surface area contributed by atoms with E-state index < -0.39 is 5.60 Å². The molecule has 1 saturated carbocycles. The molecular weight excluding hydrogens is 198 g/mol. The Bertz CT molecular complexity index is 338. The van der Waals surface area contributed by atoms with Crippen molar-refractivity contribution in [1.29, 1.82) is 0 Å². The van der Waals surface area contributed by atoms with Gasteiger partial charge in [-0.05, 0) is 29.9 Å². The number of hydrogen-bond acceptors (Lipinski definition) is 2. The largest absolute Gasteiger partial charge is 0.389 e. The Kier molecular flexibility index (Phi) is 3.29. The summed E-state index contributed by atoms with van der Waals surface area (Å²) in [6.07, 6.45) is 7.70. The van der Waals surface area contributed by atoms with Crippen molar-refractivity contribution >= 4 is 0 Å². The van der Waals surface area contributed by atoms with Gasteiger partial charge in [-0.15, -0.1) is 0 Å². The van der Waals surface area contributed by atoms with Crippen LogP contribution < -0.4 is 0 Å². The summed E-state index contributed by atoms with van der Waals surface area (Å²) in [5.74, 6) is 0.997. The molecule has 0 amide bonds. The van der Waals surface area contributed by atoms with Crippen LogP contribution in [0.15, 0.2) is 24.5 Å². The molecule has 0 saturated heterocycles.